The fourth-order valence-electron chi connectivity index (χ4n) is 1.18. The number of hydrogen-bond acceptors (Lipinski definition) is 2. The molecule has 2 N–H and O–H groups in total. The smallest absolute Gasteiger partial charge is 0.160 e. The monoisotopic (exact) mass is 233 g/mol. The quantitative estimate of drug-likeness (QED) is 0.861. The van der Waals surface area contributed by atoms with Crippen molar-refractivity contribution in [2.75, 3.05) is 6.54 Å². The Hall–Kier alpha value is -0.810. The van der Waals surface area contributed by atoms with Crippen LogP contribution in [0, 0.1) is 11.6 Å². The van der Waals surface area contributed by atoms with E-state index in [2.05, 4.69) is 0 Å². The van der Waals surface area contributed by atoms with Crippen LogP contribution in [0.25, 0.3) is 0 Å². The van der Waals surface area contributed by atoms with Crippen LogP contribution < -0.4 is 5.73 Å². The molecule has 2 nitrogen and oxygen atoms in total. The molecule has 0 aliphatic heterocycles. The predicted octanol–water partition coefficient (Wildman–Crippen LogP) is 1.81. The summed E-state index contributed by atoms with van der Waals surface area (Å²) in [4.78, 5) is 0.301. The minimum atomic E-state index is -1.33. The predicted molar refractivity (Wildman–Crippen MR) is 55.9 cm³/mol. The van der Waals surface area contributed by atoms with E-state index in [-0.39, 0.29) is 5.25 Å². The Balaban J connectivity index is 2.87. The van der Waals surface area contributed by atoms with Gasteiger partial charge in [-0.05, 0) is 31.2 Å². The topological polar surface area (TPSA) is 43.1 Å². The normalized spacial score (nSPS) is 14.9. The molecule has 1 aromatic carbocycles. The fourth-order valence-corrected chi connectivity index (χ4v) is 2.41. The molecule has 0 aliphatic carbocycles. The van der Waals surface area contributed by atoms with Gasteiger partial charge in [-0.2, -0.15) is 0 Å². The van der Waals surface area contributed by atoms with Crippen molar-refractivity contribution < 1.29 is 13.0 Å². The molecule has 2 atom stereocenters. The lowest BCUT2D eigenvalue weighted by molar-refractivity contribution is 0.505. The van der Waals surface area contributed by atoms with Crippen molar-refractivity contribution in [1.29, 1.82) is 0 Å². The molecule has 0 aliphatic rings. The molecule has 0 heterocycles. The summed E-state index contributed by atoms with van der Waals surface area (Å²) in [6.45, 7) is 2.20. The van der Waals surface area contributed by atoms with E-state index in [1.54, 1.807) is 6.92 Å². The van der Waals surface area contributed by atoms with Gasteiger partial charge in [-0.15, -0.1) is 0 Å². The lowest BCUT2D eigenvalue weighted by Gasteiger charge is -2.09. The fraction of sp³-hybridized carbons (Fsp3) is 0.400. The number of halogens is 2. The van der Waals surface area contributed by atoms with Crippen molar-refractivity contribution >= 4 is 10.8 Å². The molecule has 84 valence electrons. The summed E-state index contributed by atoms with van der Waals surface area (Å²) in [6.07, 6.45) is 0.589. The summed E-state index contributed by atoms with van der Waals surface area (Å²) in [5.74, 6) is -1.90. The summed E-state index contributed by atoms with van der Waals surface area (Å²) in [5, 5.41) is -0.153. The highest BCUT2D eigenvalue weighted by atomic mass is 32.2. The van der Waals surface area contributed by atoms with E-state index < -0.39 is 22.4 Å². The minimum absolute atomic E-state index is 0.153. The van der Waals surface area contributed by atoms with Crippen LogP contribution in [0.3, 0.4) is 0 Å². The molecule has 0 saturated heterocycles. The molecule has 2 unspecified atom stereocenters. The molecule has 1 rings (SSSR count). The SMILES string of the molecule is CC(CCN)S(=O)c1ccc(F)c(F)c1. The van der Waals surface area contributed by atoms with Gasteiger partial charge in [-0.3, -0.25) is 4.21 Å². The Labute approximate surface area is 89.9 Å². The summed E-state index contributed by atoms with van der Waals surface area (Å²) >= 11 is 0. The van der Waals surface area contributed by atoms with E-state index in [4.69, 9.17) is 5.73 Å². The van der Waals surface area contributed by atoms with Crippen LogP contribution >= 0.6 is 0 Å². The maximum atomic E-state index is 12.9. The van der Waals surface area contributed by atoms with E-state index in [9.17, 15) is 13.0 Å². The van der Waals surface area contributed by atoms with Gasteiger partial charge in [0.25, 0.3) is 0 Å². The van der Waals surface area contributed by atoms with Gasteiger partial charge >= 0.3 is 0 Å². The third kappa shape index (κ3) is 3.07. The molecular weight excluding hydrogens is 220 g/mol. The second-order valence-electron chi connectivity index (χ2n) is 3.26. The lowest BCUT2D eigenvalue weighted by Crippen LogP contribution is -2.16. The second-order valence-corrected chi connectivity index (χ2v) is 5.13. The third-order valence-electron chi connectivity index (χ3n) is 2.06. The van der Waals surface area contributed by atoms with Crippen molar-refractivity contribution in [3.63, 3.8) is 0 Å². The molecule has 15 heavy (non-hydrogen) atoms. The molecule has 0 fully saturated rings. The average molecular weight is 233 g/mol. The van der Waals surface area contributed by atoms with Crippen molar-refractivity contribution in [1.82, 2.24) is 0 Å². The Morgan fingerprint density at radius 3 is 2.60 bits per heavy atom. The third-order valence-corrected chi connectivity index (χ3v) is 3.75. The molecule has 0 amide bonds. The number of hydrogen-bond donors (Lipinski definition) is 1. The molecular formula is C10H13F2NOS. The Kier molecular flexibility index (Phi) is 4.35. The molecule has 0 spiro atoms. The van der Waals surface area contributed by atoms with E-state index >= 15 is 0 Å². The maximum absolute atomic E-state index is 12.9. The van der Waals surface area contributed by atoms with Crippen molar-refractivity contribution in [3.8, 4) is 0 Å². The largest absolute Gasteiger partial charge is 0.330 e. The Bertz CT molecular complexity index is 370. The first-order chi connectivity index (χ1) is 7.06. The second kappa shape index (κ2) is 5.32. The molecule has 0 aromatic heterocycles. The molecule has 1 aromatic rings. The van der Waals surface area contributed by atoms with Gasteiger partial charge in [0, 0.05) is 10.1 Å². The van der Waals surface area contributed by atoms with Gasteiger partial charge in [-0.25, -0.2) is 8.78 Å². The van der Waals surface area contributed by atoms with Crippen molar-refractivity contribution in [2.45, 2.75) is 23.5 Å². The highest BCUT2D eigenvalue weighted by molar-refractivity contribution is 7.85. The summed E-state index contributed by atoms with van der Waals surface area (Å²) in [6, 6.07) is 3.29. The van der Waals surface area contributed by atoms with Gasteiger partial charge < -0.3 is 5.73 Å². The number of nitrogens with two attached hydrogens (primary N) is 1. The van der Waals surface area contributed by atoms with Crippen LogP contribution in [0.1, 0.15) is 13.3 Å². The number of rotatable bonds is 4. The zero-order valence-corrected chi connectivity index (χ0v) is 9.19. The number of benzene rings is 1. The van der Waals surface area contributed by atoms with Crippen molar-refractivity contribution in [2.24, 2.45) is 5.73 Å². The van der Waals surface area contributed by atoms with Crippen LogP contribution in [0.4, 0.5) is 8.78 Å². The Morgan fingerprint density at radius 2 is 2.07 bits per heavy atom. The van der Waals surface area contributed by atoms with E-state index in [1.165, 1.54) is 6.07 Å². The standard InChI is InChI=1S/C10H13F2NOS/c1-7(4-5-13)15(14)8-2-3-9(11)10(12)6-8/h2-3,6-7H,4-5,13H2,1H3. The van der Waals surface area contributed by atoms with Crippen LogP contribution in [-0.4, -0.2) is 16.0 Å². The first-order valence-electron chi connectivity index (χ1n) is 4.62. The first kappa shape index (κ1) is 12.3. The molecule has 0 saturated carbocycles. The van der Waals surface area contributed by atoms with Gasteiger partial charge in [0.15, 0.2) is 11.6 Å². The summed E-state index contributed by atoms with van der Waals surface area (Å²) in [7, 11) is -1.33. The van der Waals surface area contributed by atoms with Gasteiger partial charge in [0.05, 0.1) is 10.8 Å². The first-order valence-corrected chi connectivity index (χ1v) is 5.83. The van der Waals surface area contributed by atoms with Gasteiger partial charge in [-0.1, -0.05) is 6.92 Å². The van der Waals surface area contributed by atoms with E-state index in [0.29, 0.717) is 17.9 Å². The average Bonchev–Trinajstić information content (AvgIpc) is 2.21. The lowest BCUT2D eigenvalue weighted by atomic mass is 10.3. The van der Waals surface area contributed by atoms with E-state index in [1.807, 2.05) is 0 Å². The highest BCUT2D eigenvalue weighted by Gasteiger charge is 2.14. The molecule has 5 heteroatoms. The zero-order chi connectivity index (χ0) is 11.4. The molecule has 0 bridgehead atoms. The van der Waals surface area contributed by atoms with Gasteiger partial charge in [0.1, 0.15) is 0 Å². The molecule has 0 radical (unpaired) electrons. The van der Waals surface area contributed by atoms with Crippen LogP contribution in [0.15, 0.2) is 23.1 Å². The Morgan fingerprint density at radius 1 is 1.40 bits per heavy atom. The highest BCUT2D eigenvalue weighted by Crippen LogP contribution is 2.16. The van der Waals surface area contributed by atoms with Crippen molar-refractivity contribution in [3.05, 3.63) is 29.8 Å². The minimum Gasteiger partial charge on any atom is -0.330 e. The van der Waals surface area contributed by atoms with Crippen LogP contribution in [-0.2, 0) is 10.8 Å². The van der Waals surface area contributed by atoms with Gasteiger partial charge in [0.2, 0.25) is 0 Å². The zero-order valence-electron chi connectivity index (χ0n) is 8.37. The van der Waals surface area contributed by atoms with E-state index in [0.717, 1.165) is 12.1 Å². The summed E-state index contributed by atoms with van der Waals surface area (Å²) in [5.41, 5.74) is 5.33. The summed E-state index contributed by atoms with van der Waals surface area (Å²) < 4.78 is 37.2. The van der Waals surface area contributed by atoms with Crippen LogP contribution in [0.5, 0.6) is 0 Å². The van der Waals surface area contributed by atoms with Crippen LogP contribution in [0.2, 0.25) is 0 Å². The maximum Gasteiger partial charge on any atom is 0.160 e.